The molecule has 0 bridgehead atoms. The third kappa shape index (κ3) is 2.99. The Bertz CT molecular complexity index is 430. The molecule has 1 amide bonds. The minimum atomic E-state index is -0.167. The maximum Gasteiger partial charge on any atom is 0.272 e. The van der Waals surface area contributed by atoms with E-state index in [4.69, 9.17) is 11.6 Å². The summed E-state index contributed by atoms with van der Waals surface area (Å²) in [4.78, 5) is 12.1. The standard InChI is InChI=1S/C13H18ClN3O/c1-13(2)8-4-3-5-10(13)15-12(18)9-6-7-11(14)17-16-9/h6-7,10H,3-5,8H2,1-2H3,(H,15,18). The third-order valence-corrected chi connectivity index (χ3v) is 3.88. The highest BCUT2D eigenvalue weighted by Gasteiger charge is 2.33. The SMILES string of the molecule is CC1(C)CCCCC1NC(=O)c1ccc(Cl)nn1. The van der Waals surface area contributed by atoms with Gasteiger partial charge in [0.1, 0.15) is 0 Å². The summed E-state index contributed by atoms with van der Waals surface area (Å²) in [6, 6.07) is 3.38. The van der Waals surface area contributed by atoms with Crippen LogP contribution < -0.4 is 5.32 Å². The quantitative estimate of drug-likeness (QED) is 0.896. The molecule has 0 radical (unpaired) electrons. The second-order valence-corrected chi connectivity index (χ2v) is 5.89. The Morgan fingerprint density at radius 1 is 1.39 bits per heavy atom. The van der Waals surface area contributed by atoms with Gasteiger partial charge in [0.05, 0.1) is 0 Å². The van der Waals surface area contributed by atoms with Gasteiger partial charge in [-0.3, -0.25) is 4.79 Å². The van der Waals surface area contributed by atoms with Crippen LogP contribution in [0.4, 0.5) is 0 Å². The number of rotatable bonds is 2. The van der Waals surface area contributed by atoms with Crippen LogP contribution in [0.2, 0.25) is 5.15 Å². The zero-order valence-electron chi connectivity index (χ0n) is 10.7. The molecule has 2 rings (SSSR count). The molecule has 1 aromatic heterocycles. The lowest BCUT2D eigenvalue weighted by atomic mass is 9.73. The molecule has 1 fully saturated rings. The van der Waals surface area contributed by atoms with Crippen molar-refractivity contribution in [2.75, 3.05) is 0 Å². The summed E-state index contributed by atoms with van der Waals surface area (Å²) >= 11 is 5.65. The van der Waals surface area contributed by atoms with Crippen LogP contribution in [-0.4, -0.2) is 22.1 Å². The van der Waals surface area contributed by atoms with Crippen LogP contribution in [0.5, 0.6) is 0 Å². The summed E-state index contributed by atoms with van der Waals surface area (Å²) in [7, 11) is 0. The molecule has 1 atom stereocenters. The Morgan fingerprint density at radius 3 is 2.78 bits per heavy atom. The zero-order valence-corrected chi connectivity index (χ0v) is 11.5. The molecule has 1 unspecified atom stereocenters. The van der Waals surface area contributed by atoms with E-state index in [2.05, 4.69) is 29.4 Å². The highest BCUT2D eigenvalue weighted by molar-refractivity contribution is 6.29. The summed E-state index contributed by atoms with van der Waals surface area (Å²) in [5, 5.41) is 10.8. The van der Waals surface area contributed by atoms with Gasteiger partial charge in [-0.15, -0.1) is 10.2 Å². The maximum absolute atomic E-state index is 12.1. The van der Waals surface area contributed by atoms with Gasteiger partial charge in [-0.25, -0.2) is 0 Å². The van der Waals surface area contributed by atoms with Gasteiger partial charge in [0.15, 0.2) is 10.8 Å². The summed E-state index contributed by atoms with van der Waals surface area (Å²) in [6.07, 6.45) is 4.57. The average Bonchev–Trinajstić information content (AvgIpc) is 2.32. The molecule has 1 saturated carbocycles. The Kier molecular flexibility index (Phi) is 3.85. The molecule has 98 valence electrons. The van der Waals surface area contributed by atoms with Crippen molar-refractivity contribution in [2.24, 2.45) is 5.41 Å². The lowest BCUT2D eigenvalue weighted by Crippen LogP contribution is -2.47. The van der Waals surface area contributed by atoms with Gasteiger partial charge >= 0.3 is 0 Å². The normalized spacial score (nSPS) is 22.5. The van der Waals surface area contributed by atoms with Crippen molar-refractivity contribution in [3.05, 3.63) is 23.0 Å². The first-order chi connectivity index (χ1) is 8.49. The van der Waals surface area contributed by atoms with Crippen molar-refractivity contribution in [3.63, 3.8) is 0 Å². The lowest BCUT2D eigenvalue weighted by Gasteiger charge is -2.38. The highest BCUT2D eigenvalue weighted by atomic mass is 35.5. The smallest absolute Gasteiger partial charge is 0.272 e. The number of carbonyl (C=O) groups excluding carboxylic acids is 1. The van der Waals surface area contributed by atoms with Crippen LogP contribution in [-0.2, 0) is 0 Å². The molecule has 5 heteroatoms. The third-order valence-electron chi connectivity index (χ3n) is 3.68. The van der Waals surface area contributed by atoms with Crippen molar-refractivity contribution >= 4 is 17.5 Å². The van der Waals surface area contributed by atoms with Crippen molar-refractivity contribution in [1.29, 1.82) is 0 Å². The Labute approximate surface area is 112 Å². The fraction of sp³-hybridized carbons (Fsp3) is 0.615. The molecular formula is C13H18ClN3O. The minimum Gasteiger partial charge on any atom is -0.347 e. The van der Waals surface area contributed by atoms with E-state index in [0.29, 0.717) is 10.8 Å². The molecule has 1 aliphatic carbocycles. The summed E-state index contributed by atoms with van der Waals surface area (Å²) in [5.74, 6) is -0.167. The van der Waals surface area contributed by atoms with E-state index in [1.165, 1.54) is 12.8 Å². The van der Waals surface area contributed by atoms with Crippen molar-refractivity contribution in [2.45, 2.75) is 45.6 Å². The molecule has 18 heavy (non-hydrogen) atoms. The van der Waals surface area contributed by atoms with E-state index in [1.54, 1.807) is 12.1 Å². The van der Waals surface area contributed by atoms with Crippen molar-refractivity contribution in [3.8, 4) is 0 Å². The largest absolute Gasteiger partial charge is 0.347 e. The van der Waals surface area contributed by atoms with Crippen LogP contribution in [0.1, 0.15) is 50.0 Å². The molecule has 1 aliphatic rings. The number of hydrogen-bond donors (Lipinski definition) is 1. The predicted octanol–water partition coefficient (Wildman–Crippen LogP) is 2.83. The van der Waals surface area contributed by atoms with Gasteiger partial charge in [0.25, 0.3) is 5.91 Å². The van der Waals surface area contributed by atoms with Gasteiger partial charge in [0, 0.05) is 6.04 Å². The molecule has 0 spiro atoms. The predicted molar refractivity (Wildman–Crippen MR) is 70.5 cm³/mol. The average molecular weight is 268 g/mol. The number of carbonyl (C=O) groups is 1. The first kappa shape index (κ1) is 13.3. The number of amides is 1. The van der Waals surface area contributed by atoms with E-state index in [9.17, 15) is 4.79 Å². The van der Waals surface area contributed by atoms with Gasteiger partial charge in [-0.1, -0.05) is 38.3 Å². The molecule has 0 saturated heterocycles. The van der Waals surface area contributed by atoms with Gasteiger partial charge in [-0.2, -0.15) is 0 Å². The molecular weight excluding hydrogens is 250 g/mol. The van der Waals surface area contributed by atoms with Gasteiger partial charge in [0.2, 0.25) is 0 Å². The number of nitrogens with zero attached hydrogens (tertiary/aromatic N) is 2. The molecule has 4 nitrogen and oxygen atoms in total. The fourth-order valence-corrected chi connectivity index (χ4v) is 2.53. The van der Waals surface area contributed by atoms with Crippen LogP contribution in [0.3, 0.4) is 0 Å². The second-order valence-electron chi connectivity index (χ2n) is 5.50. The molecule has 0 aliphatic heterocycles. The summed E-state index contributed by atoms with van der Waals surface area (Å²) in [5.41, 5.74) is 0.467. The Hall–Kier alpha value is -1.16. The van der Waals surface area contributed by atoms with Crippen molar-refractivity contribution in [1.82, 2.24) is 15.5 Å². The van der Waals surface area contributed by atoms with Crippen LogP contribution >= 0.6 is 11.6 Å². The Balaban J connectivity index is 2.04. The van der Waals surface area contributed by atoms with E-state index in [1.807, 2.05) is 0 Å². The fourth-order valence-electron chi connectivity index (χ4n) is 2.43. The molecule has 0 aromatic carbocycles. The van der Waals surface area contributed by atoms with Crippen LogP contribution in [0.25, 0.3) is 0 Å². The van der Waals surface area contributed by atoms with E-state index in [0.717, 1.165) is 12.8 Å². The molecule has 1 heterocycles. The Morgan fingerprint density at radius 2 is 2.17 bits per heavy atom. The monoisotopic (exact) mass is 267 g/mol. The summed E-state index contributed by atoms with van der Waals surface area (Å²) in [6.45, 7) is 4.40. The number of nitrogens with one attached hydrogen (secondary N) is 1. The topological polar surface area (TPSA) is 54.9 Å². The maximum atomic E-state index is 12.1. The number of hydrogen-bond acceptors (Lipinski definition) is 3. The van der Waals surface area contributed by atoms with E-state index < -0.39 is 0 Å². The second kappa shape index (κ2) is 5.22. The summed E-state index contributed by atoms with van der Waals surface area (Å²) < 4.78 is 0. The van der Waals surface area contributed by atoms with E-state index >= 15 is 0 Å². The zero-order chi connectivity index (χ0) is 13.2. The molecule has 1 N–H and O–H groups in total. The van der Waals surface area contributed by atoms with Crippen LogP contribution in [0, 0.1) is 5.41 Å². The highest BCUT2D eigenvalue weighted by Crippen LogP contribution is 2.35. The number of halogens is 1. The van der Waals surface area contributed by atoms with Crippen LogP contribution in [0.15, 0.2) is 12.1 Å². The molecule has 1 aromatic rings. The van der Waals surface area contributed by atoms with Gasteiger partial charge in [-0.05, 0) is 30.4 Å². The minimum absolute atomic E-state index is 0.147. The first-order valence-electron chi connectivity index (χ1n) is 6.29. The van der Waals surface area contributed by atoms with Crippen molar-refractivity contribution < 1.29 is 4.79 Å². The van der Waals surface area contributed by atoms with Gasteiger partial charge < -0.3 is 5.32 Å². The number of aromatic nitrogens is 2. The lowest BCUT2D eigenvalue weighted by molar-refractivity contribution is 0.0847. The first-order valence-corrected chi connectivity index (χ1v) is 6.67. The van der Waals surface area contributed by atoms with E-state index in [-0.39, 0.29) is 17.4 Å².